The highest BCUT2D eigenvalue weighted by Crippen LogP contribution is 2.04. The number of anilines is 1. The van der Waals surface area contributed by atoms with Gasteiger partial charge in [-0.1, -0.05) is 0 Å². The average Bonchev–Trinajstić information content (AvgIpc) is 2.04. The number of hydrogen-bond donors (Lipinski definition) is 2. The van der Waals surface area contributed by atoms with E-state index in [1.165, 1.54) is 0 Å². The van der Waals surface area contributed by atoms with E-state index in [1.807, 2.05) is 13.1 Å². The highest BCUT2D eigenvalue weighted by molar-refractivity contribution is 5.37. The lowest BCUT2D eigenvalue weighted by molar-refractivity contribution is 0.332. The maximum absolute atomic E-state index is 5.63. The topological polar surface area (TPSA) is 68.2 Å². The molecule has 1 aromatic rings. The summed E-state index contributed by atoms with van der Waals surface area (Å²) < 4.78 is 0. The van der Waals surface area contributed by atoms with Crippen LogP contribution < -0.4 is 11.5 Å². The standard InChI is InChI=1S/C9H16N4/c1-13(5-3-10)7-9-6-8(11)2-4-12-9/h2,4,6H,3,5,7,10H2,1H3,(H2,11,12). The second kappa shape index (κ2) is 4.79. The van der Waals surface area contributed by atoms with E-state index in [2.05, 4.69) is 9.88 Å². The zero-order valence-corrected chi connectivity index (χ0v) is 7.90. The Balaban J connectivity index is 2.53. The minimum absolute atomic E-state index is 0.665. The highest BCUT2D eigenvalue weighted by atomic mass is 15.1. The first-order chi connectivity index (χ1) is 6.22. The van der Waals surface area contributed by atoms with Gasteiger partial charge in [0.2, 0.25) is 0 Å². The van der Waals surface area contributed by atoms with E-state index in [0.29, 0.717) is 6.54 Å². The number of pyridine rings is 1. The van der Waals surface area contributed by atoms with Crippen molar-refractivity contribution in [3.8, 4) is 0 Å². The molecule has 0 amide bonds. The van der Waals surface area contributed by atoms with Gasteiger partial charge in [-0.2, -0.15) is 0 Å². The first-order valence-electron chi connectivity index (χ1n) is 4.31. The largest absolute Gasteiger partial charge is 0.399 e. The fourth-order valence-electron chi connectivity index (χ4n) is 1.16. The second-order valence-corrected chi connectivity index (χ2v) is 3.11. The van der Waals surface area contributed by atoms with Crippen LogP contribution in [0.3, 0.4) is 0 Å². The van der Waals surface area contributed by atoms with E-state index in [-0.39, 0.29) is 0 Å². The van der Waals surface area contributed by atoms with Gasteiger partial charge in [0.1, 0.15) is 0 Å². The van der Waals surface area contributed by atoms with Crippen molar-refractivity contribution in [1.29, 1.82) is 0 Å². The summed E-state index contributed by atoms with van der Waals surface area (Å²) in [7, 11) is 2.01. The SMILES string of the molecule is CN(CCN)Cc1cc(N)ccn1. The molecule has 0 aliphatic carbocycles. The van der Waals surface area contributed by atoms with Crippen molar-refractivity contribution in [1.82, 2.24) is 9.88 Å². The molecule has 0 fully saturated rings. The van der Waals surface area contributed by atoms with Crippen molar-refractivity contribution >= 4 is 5.69 Å². The Hall–Kier alpha value is -1.13. The van der Waals surface area contributed by atoms with Crippen LogP contribution in [0.5, 0.6) is 0 Å². The molecule has 13 heavy (non-hydrogen) atoms. The first kappa shape index (κ1) is 9.95. The molecule has 0 radical (unpaired) electrons. The number of nitrogens with two attached hydrogens (primary N) is 2. The number of nitrogens with zero attached hydrogens (tertiary/aromatic N) is 2. The summed E-state index contributed by atoms with van der Waals surface area (Å²) in [5, 5.41) is 0. The summed E-state index contributed by atoms with van der Waals surface area (Å²) >= 11 is 0. The molecule has 1 aromatic heterocycles. The number of likely N-dealkylation sites (N-methyl/N-ethyl adjacent to an activating group) is 1. The molecule has 1 heterocycles. The monoisotopic (exact) mass is 180 g/mol. The molecule has 0 saturated heterocycles. The molecule has 0 unspecified atom stereocenters. The van der Waals surface area contributed by atoms with Crippen molar-refractivity contribution in [2.45, 2.75) is 6.54 Å². The fraction of sp³-hybridized carbons (Fsp3) is 0.444. The van der Waals surface area contributed by atoms with E-state index >= 15 is 0 Å². The van der Waals surface area contributed by atoms with Gasteiger partial charge < -0.3 is 11.5 Å². The maximum atomic E-state index is 5.63. The lowest BCUT2D eigenvalue weighted by Crippen LogP contribution is -2.25. The summed E-state index contributed by atoms with van der Waals surface area (Å²) in [6.07, 6.45) is 1.72. The van der Waals surface area contributed by atoms with E-state index in [4.69, 9.17) is 11.5 Å². The molecule has 1 rings (SSSR count). The summed E-state index contributed by atoms with van der Waals surface area (Å²) in [5.41, 5.74) is 12.8. The van der Waals surface area contributed by atoms with Crippen LogP contribution in [0.4, 0.5) is 5.69 Å². The molecule has 0 aliphatic heterocycles. The van der Waals surface area contributed by atoms with E-state index in [0.717, 1.165) is 24.5 Å². The normalized spacial score (nSPS) is 10.7. The minimum atomic E-state index is 0.665. The predicted octanol–water partition coefficient (Wildman–Crippen LogP) is 0.0543. The molecular weight excluding hydrogens is 164 g/mol. The number of hydrogen-bond acceptors (Lipinski definition) is 4. The lowest BCUT2D eigenvalue weighted by atomic mass is 10.3. The van der Waals surface area contributed by atoms with Crippen LogP contribution in [-0.4, -0.2) is 30.0 Å². The Morgan fingerprint density at radius 1 is 1.54 bits per heavy atom. The Labute approximate surface area is 78.6 Å². The molecule has 4 N–H and O–H groups in total. The van der Waals surface area contributed by atoms with Gasteiger partial charge in [-0.15, -0.1) is 0 Å². The van der Waals surface area contributed by atoms with E-state index < -0.39 is 0 Å². The summed E-state index contributed by atoms with van der Waals surface area (Å²) in [6, 6.07) is 3.67. The molecule has 0 atom stereocenters. The highest BCUT2D eigenvalue weighted by Gasteiger charge is 1.99. The van der Waals surface area contributed by atoms with Gasteiger partial charge in [0.15, 0.2) is 0 Å². The second-order valence-electron chi connectivity index (χ2n) is 3.11. The average molecular weight is 180 g/mol. The Bertz CT molecular complexity index is 262. The molecule has 0 spiro atoms. The quantitative estimate of drug-likeness (QED) is 0.687. The van der Waals surface area contributed by atoms with Crippen LogP contribution in [0.2, 0.25) is 0 Å². The van der Waals surface area contributed by atoms with Gasteiger partial charge in [-0.25, -0.2) is 0 Å². The fourth-order valence-corrected chi connectivity index (χ4v) is 1.16. The van der Waals surface area contributed by atoms with Gasteiger partial charge in [0, 0.05) is 31.5 Å². The third-order valence-corrected chi connectivity index (χ3v) is 1.78. The Kier molecular flexibility index (Phi) is 3.67. The smallest absolute Gasteiger partial charge is 0.0564 e. The third-order valence-electron chi connectivity index (χ3n) is 1.78. The van der Waals surface area contributed by atoms with Crippen molar-refractivity contribution < 1.29 is 0 Å². The van der Waals surface area contributed by atoms with Crippen LogP contribution in [0.15, 0.2) is 18.3 Å². The molecule has 72 valence electrons. The van der Waals surface area contributed by atoms with Crippen LogP contribution >= 0.6 is 0 Å². The molecule has 4 nitrogen and oxygen atoms in total. The minimum Gasteiger partial charge on any atom is -0.399 e. The summed E-state index contributed by atoms with van der Waals surface area (Å²) in [5.74, 6) is 0. The lowest BCUT2D eigenvalue weighted by Gasteiger charge is -2.14. The van der Waals surface area contributed by atoms with Gasteiger partial charge in [-0.3, -0.25) is 9.88 Å². The predicted molar refractivity (Wildman–Crippen MR) is 54.0 cm³/mol. The third kappa shape index (κ3) is 3.40. The van der Waals surface area contributed by atoms with Crippen LogP contribution in [0.25, 0.3) is 0 Å². The van der Waals surface area contributed by atoms with Gasteiger partial charge in [0.05, 0.1) is 5.69 Å². The molecule has 0 bridgehead atoms. The Morgan fingerprint density at radius 3 is 2.92 bits per heavy atom. The molecule has 0 aliphatic rings. The number of aromatic nitrogens is 1. The van der Waals surface area contributed by atoms with Crippen LogP contribution in [0, 0.1) is 0 Å². The Morgan fingerprint density at radius 2 is 2.31 bits per heavy atom. The maximum Gasteiger partial charge on any atom is 0.0564 e. The molecule has 0 aromatic carbocycles. The first-order valence-corrected chi connectivity index (χ1v) is 4.31. The van der Waals surface area contributed by atoms with E-state index in [9.17, 15) is 0 Å². The molecule has 4 heteroatoms. The summed E-state index contributed by atoms with van der Waals surface area (Å²) in [6.45, 7) is 2.33. The molecule has 0 saturated carbocycles. The zero-order valence-electron chi connectivity index (χ0n) is 7.90. The van der Waals surface area contributed by atoms with Crippen molar-refractivity contribution in [3.63, 3.8) is 0 Å². The van der Waals surface area contributed by atoms with Crippen LogP contribution in [-0.2, 0) is 6.54 Å². The van der Waals surface area contributed by atoms with E-state index in [1.54, 1.807) is 12.3 Å². The van der Waals surface area contributed by atoms with Crippen molar-refractivity contribution in [2.24, 2.45) is 5.73 Å². The van der Waals surface area contributed by atoms with Gasteiger partial charge in [-0.05, 0) is 19.2 Å². The number of nitrogen functional groups attached to an aromatic ring is 1. The van der Waals surface area contributed by atoms with Crippen molar-refractivity contribution in [3.05, 3.63) is 24.0 Å². The molecular formula is C9H16N4. The number of rotatable bonds is 4. The van der Waals surface area contributed by atoms with Gasteiger partial charge in [0.25, 0.3) is 0 Å². The van der Waals surface area contributed by atoms with Crippen LogP contribution in [0.1, 0.15) is 5.69 Å². The van der Waals surface area contributed by atoms with Gasteiger partial charge >= 0.3 is 0 Å². The zero-order chi connectivity index (χ0) is 9.68. The van der Waals surface area contributed by atoms with Crippen molar-refractivity contribution in [2.75, 3.05) is 25.9 Å². The summed E-state index contributed by atoms with van der Waals surface area (Å²) in [4.78, 5) is 6.31.